The first-order valence-corrected chi connectivity index (χ1v) is 11.7. The average molecular weight is 463 g/mol. The van der Waals surface area contributed by atoms with Crippen LogP contribution in [0.25, 0.3) is 6.08 Å². The Hall–Kier alpha value is -2.41. The molecule has 2 heterocycles. The predicted molar refractivity (Wildman–Crippen MR) is 122 cm³/mol. The van der Waals surface area contributed by atoms with Crippen molar-refractivity contribution >= 4 is 29.7 Å². The number of rotatable bonds is 5. The molecule has 1 aromatic carbocycles. The van der Waals surface area contributed by atoms with Gasteiger partial charge in [0.05, 0.1) is 25.8 Å². The second-order valence-electron chi connectivity index (χ2n) is 8.83. The van der Waals surface area contributed by atoms with Crippen LogP contribution in [0.1, 0.15) is 50.5 Å². The second kappa shape index (κ2) is 9.61. The third kappa shape index (κ3) is 4.53. The maximum absolute atomic E-state index is 12.7. The molecule has 0 unspecified atom stereocenters. The van der Waals surface area contributed by atoms with Crippen molar-refractivity contribution in [3.63, 3.8) is 0 Å². The summed E-state index contributed by atoms with van der Waals surface area (Å²) in [6, 6.07) is 3.69. The number of methoxy groups -OCH3 is 2. The molecule has 0 atom stereocenters. The minimum absolute atomic E-state index is 0.0675. The molecule has 1 spiro atoms. The summed E-state index contributed by atoms with van der Waals surface area (Å²) in [7, 11) is 3.08. The topological polar surface area (TPSA) is 68.3 Å². The van der Waals surface area contributed by atoms with Crippen molar-refractivity contribution in [1.82, 2.24) is 9.80 Å². The van der Waals surface area contributed by atoms with Crippen molar-refractivity contribution in [1.29, 1.82) is 0 Å². The Morgan fingerprint density at radius 3 is 2.53 bits per heavy atom. The molecule has 1 saturated carbocycles. The zero-order valence-electron chi connectivity index (χ0n) is 18.8. The van der Waals surface area contributed by atoms with Gasteiger partial charge in [-0.05, 0) is 62.3 Å². The summed E-state index contributed by atoms with van der Waals surface area (Å²) in [5.41, 5.74) is 0.411. The molecule has 32 heavy (non-hydrogen) atoms. The maximum Gasteiger partial charge on any atom is 0.410 e. The van der Waals surface area contributed by atoms with Crippen LogP contribution >= 0.6 is 11.6 Å². The van der Waals surface area contributed by atoms with Crippen molar-refractivity contribution < 1.29 is 23.8 Å². The van der Waals surface area contributed by atoms with E-state index in [9.17, 15) is 9.59 Å². The van der Waals surface area contributed by atoms with E-state index in [2.05, 4.69) is 0 Å². The number of benzene rings is 1. The van der Waals surface area contributed by atoms with Gasteiger partial charge in [0, 0.05) is 25.2 Å². The number of piperidine rings is 1. The Balaban J connectivity index is 1.34. The lowest BCUT2D eigenvalue weighted by Crippen LogP contribution is -2.47. The second-order valence-corrected chi connectivity index (χ2v) is 9.21. The minimum atomic E-state index is -0.274. The van der Waals surface area contributed by atoms with Crippen molar-refractivity contribution in [2.24, 2.45) is 0 Å². The Kier molecular flexibility index (Phi) is 6.84. The zero-order chi connectivity index (χ0) is 22.7. The number of carbonyl (C=O) groups is 2. The van der Waals surface area contributed by atoms with Gasteiger partial charge >= 0.3 is 6.09 Å². The van der Waals surface area contributed by atoms with Gasteiger partial charge in [0.1, 0.15) is 5.60 Å². The summed E-state index contributed by atoms with van der Waals surface area (Å²) in [5.74, 6) is 0.915. The van der Waals surface area contributed by atoms with Crippen LogP contribution in [0, 0.1) is 0 Å². The van der Waals surface area contributed by atoms with Gasteiger partial charge < -0.3 is 24.0 Å². The van der Waals surface area contributed by atoms with Crippen LogP contribution in [-0.2, 0) is 9.53 Å². The molecule has 0 bridgehead atoms. The molecule has 0 aromatic heterocycles. The van der Waals surface area contributed by atoms with Gasteiger partial charge in [0.25, 0.3) is 0 Å². The van der Waals surface area contributed by atoms with Gasteiger partial charge in [-0.2, -0.15) is 0 Å². The highest BCUT2D eigenvalue weighted by Crippen LogP contribution is 2.39. The predicted octanol–water partition coefficient (Wildman–Crippen LogP) is 4.52. The molecule has 3 fully saturated rings. The standard InChI is InChI=1S/C24H31ClN2O5/c1-30-19-8-6-17(21(25)22(19)31-2)7-9-20(28)26-14-10-18(11-15-26)27-16-24(32-23(27)29)12-4-3-5-13-24/h6-9,18H,3-5,10-16H2,1-2H3. The highest BCUT2D eigenvalue weighted by Gasteiger charge is 2.48. The number of ether oxygens (including phenoxy) is 3. The molecule has 0 radical (unpaired) electrons. The third-order valence-electron chi connectivity index (χ3n) is 6.90. The van der Waals surface area contributed by atoms with Gasteiger partial charge in [0.2, 0.25) is 5.91 Å². The summed E-state index contributed by atoms with van der Waals surface area (Å²) in [6.07, 6.45) is 10.0. The molecule has 4 rings (SSSR count). The van der Waals surface area contributed by atoms with Gasteiger partial charge in [-0.1, -0.05) is 18.0 Å². The largest absolute Gasteiger partial charge is 0.493 e. The fraction of sp³-hybridized carbons (Fsp3) is 0.583. The molecule has 1 aromatic rings. The van der Waals surface area contributed by atoms with Crippen LogP contribution in [0.2, 0.25) is 5.02 Å². The van der Waals surface area contributed by atoms with E-state index in [-0.39, 0.29) is 23.6 Å². The van der Waals surface area contributed by atoms with Crippen molar-refractivity contribution in [2.75, 3.05) is 33.9 Å². The van der Waals surface area contributed by atoms with Crippen LogP contribution in [0.4, 0.5) is 4.79 Å². The zero-order valence-corrected chi connectivity index (χ0v) is 19.5. The summed E-state index contributed by atoms with van der Waals surface area (Å²) < 4.78 is 16.4. The number of likely N-dealkylation sites (tertiary alicyclic amines) is 1. The van der Waals surface area contributed by atoms with Crippen molar-refractivity contribution in [3.8, 4) is 11.5 Å². The molecular weight excluding hydrogens is 432 g/mol. The molecule has 7 nitrogen and oxygen atoms in total. The van der Waals surface area contributed by atoms with E-state index in [1.54, 1.807) is 25.3 Å². The molecule has 2 aliphatic heterocycles. The fourth-order valence-electron chi connectivity index (χ4n) is 5.08. The van der Waals surface area contributed by atoms with Crippen LogP contribution in [-0.4, -0.2) is 67.3 Å². The van der Waals surface area contributed by atoms with E-state index < -0.39 is 0 Å². The van der Waals surface area contributed by atoms with Crippen LogP contribution in [0.15, 0.2) is 18.2 Å². The lowest BCUT2D eigenvalue weighted by atomic mass is 9.84. The van der Waals surface area contributed by atoms with Crippen LogP contribution in [0.3, 0.4) is 0 Å². The SMILES string of the molecule is COc1ccc(C=CC(=O)N2CCC(N3CC4(CCCCC4)OC3=O)CC2)c(Cl)c1OC. The Bertz CT molecular complexity index is 889. The first kappa shape index (κ1) is 22.8. The van der Waals surface area contributed by atoms with E-state index >= 15 is 0 Å². The van der Waals surface area contributed by atoms with E-state index in [0.717, 1.165) is 38.5 Å². The highest BCUT2D eigenvalue weighted by atomic mass is 35.5. The van der Waals surface area contributed by atoms with Gasteiger partial charge in [-0.15, -0.1) is 0 Å². The number of halogens is 1. The van der Waals surface area contributed by atoms with Gasteiger partial charge in [0.15, 0.2) is 11.5 Å². The third-order valence-corrected chi connectivity index (χ3v) is 7.29. The smallest absolute Gasteiger partial charge is 0.410 e. The number of carbonyl (C=O) groups excluding carboxylic acids is 2. The molecule has 174 valence electrons. The Labute approximate surface area is 194 Å². The summed E-state index contributed by atoms with van der Waals surface area (Å²) >= 11 is 6.40. The molecule has 0 N–H and O–H groups in total. The Morgan fingerprint density at radius 2 is 1.88 bits per heavy atom. The molecule has 1 aliphatic carbocycles. The van der Waals surface area contributed by atoms with E-state index in [4.69, 9.17) is 25.8 Å². The normalized spacial score (nSPS) is 21.3. The maximum atomic E-state index is 12.7. The molecule has 8 heteroatoms. The fourth-order valence-corrected chi connectivity index (χ4v) is 5.38. The first-order chi connectivity index (χ1) is 15.5. The summed E-state index contributed by atoms with van der Waals surface area (Å²) in [5, 5.41) is 0.402. The molecule has 2 saturated heterocycles. The summed E-state index contributed by atoms with van der Waals surface area (Å²) in [4.78, 5) is 29.0. The van der Waals surface area contributed by atoms with Gasteiger partial charge in [-0.25, -0.2) is 4.79 Å². The Morgan fingerprint density at radius 1 is 1.16 bits per heavy atom. The first-order valence-electron chi connectivity index (χ1n) is 11.3. The molecular formula is C24H31ClN2O5. The average Bonchev–Trinajstić information content (AvgIpc) is 3.13. The van der Waals surface area contributed by atoms with Crippen LogP contribution in [0.5, 0.6) is 11.5 Å². The van der Waals surface area contributed by atoms with E-state index in [1.807, 2.05) is 9.80 Å². The van der Waals surface area contributed by atoms with Gasteiger partial charge in [-0.3, -0.25) is 4.79 Å². The quantitative estimate of drug-likeness (QED) is 0.602. The summed E-state index contributed by atoms with van der Waals surface area (Å²) in [6.45, 7) is 1.93. The number of hydrogen-bond acceptors (Lipinski definition) is 5. The minimum Gasteiger partial charge on any atom is -0.493 e. The molecule has 2 amide bonds. The lowest BCUT2D eigenvalue weighted by molar-refractivity contribution is -0.127. The van der Waals surface area contributed by atoms with Crippen molar-refractivity contribution in [3.05, 3.63) is 28.8 Å². The van der Waals surface area contributed by atoms with Crippen molar-refractivity contribution in [2.45, 2.75) is 56.6 Å². The number of nitrogens with zero attached hydrogens (tertiary/aromatic N) is 2. The number of amides is 2. The number of hydrogen-bond donors (Lipinski definition) is 0. The highest BCUT2D eigenvalue weighted by molar-refractivity contribution is 6.33. The lowest BCUT2D eigenvalue weighted by Gasteiger charge is -2.36. The molecule has 3 aliphatic rings. The van der Waals surface area contributed by atoms with E-state index in [1.165, 1.54) is 19.6 Å². The van der Waals surface area contributed by atoms with Crippen LogP contribution < -0.4 is 9.47 Å². The van der Waals surface area contributed by atoms with E-state index in [0.29, 0.717) is 41.7 Å². The monoisotopic (exact) mass is 462 g/mol.